The number of fused-ring (bicyclic) bond motifs is 1. The molecular formula is C16H29N3. The van der Waals surface area contributed by atoms with Crippen molar-refractivity contribution in [2.75, 3.05) is 21.1 Å². The van der Waals surface area contributed by atoms with Crippen molar-refractivity contribution in [2.24, 2.45) is 17.2 Å². The molecule has 0 aliphatic carbocycles. The fourth-order valence-electron chi connectivity index (χ4n) is 1.78. The molecule has 0 radical (unpaired) electrons. The zero-order valence-electron chi connectivity index (χ0n) is 12.7. The zero-order chi connectivity index (χ0) is 15.1. The maximum Gasteiger partial charge on any atom is -0.0152 e. The van der Waals surface area contributed by atoms with E-state index in [1.165, 1.54) is 50.3 Å². The van der Waals surface area contributed by atoms with Crippen molar-refractivity contribution in [3.8, 4) is 0 Å². The first kappa shape index (κ1) is 19.9. The van der Waals surface area contributed by atoms with Gasteiger partial charge in [0, 0.05) is 0 Å². The highest BCUT2D eigenvalue weighted by Gasteiger charge is 1.97. The largest absolute Gasteiger partial charge is 0.333 e. The Labute approximate surface area is 117 Å². The van der Waals surface area contributed by atoms with Crippen LogP contribution in [0.1, 0.15) is 18.9 Å². The summed E-state index contributed by atoms with van der Waals surface area (Å²) in [5.74, 6) is 0. The average molecular weight is 263 g/mol. The summed E-state index contributed by atoms with van der Waals surface area (Å²) in [4.78, 5) is 0. The summed E-state index contributed by atoms with van der Waals surface area (Å²) in [5, 5.41) is 2.76. The van der Waals surface area contributed by atoms with Gasteiger partial charge in [0.2, 0.25) is 0 Å². The molecule has 2 aromatic carbocycles. The highest BCUT2D eigenvalue weighted by atomic mass is 14.4. The summed E-state index contributed by atoms with van der Waals surface area (Å²) in [6.07, 6.45) is 2.40. The van der Waals surface area contributed by atoms with E-state index in [1.54, 1.807) is 0 Å². The molecule has 3 heteroatoms. The maximum absolute atomic E-state index is 4.50. The Balaban J connectivity index is 0. The van der Waals surface area contributed by atoms with Gasteiger partial charge in [-0.15, -0.1) is 0 Å². The number of benzene rings is 2. The van der Waals surface area contributed by atoms with Crippen molar-refractivity contribution in [1.29, 1.82) is 0 Å². The van der Waals surface area contributed by atoms with E-state index in [0.29, 0.717) is 0 Å². The van der Waals surface area contributed by atoms with Crippen LogP contribution in [-0.4, -0.2) is 21.1 Å². The molecule has 0 heterocycles. The Morgan fingerprint density at radius 1 is 0.737 bits per heavy atom. The van der Waals surface area contributed by atoms with Crippen molar-refractivity contribution in [3.63, 3.8) is 0 Å². The molecule has 0 atom stereocenters. The Bertz CT molecular complexity index is 408. The van der Waals surface area contributed by atoms with Crippen molar-refractivity contribution in [3.05, 3.63) is 48.0 Å². The highest BCUT2D eigenvalue weighted by molar-refractivity contribution is 5.85. The molecule has 0 bridgehead atoms. The van der Waals surface area contributed by atoms with Gasteiger partial charge in [0.25, 0.3) is 0 Å². The number of aryl methyl sites for hydroxylation is 1. The monoisotopic (exact) mass is 263 g/mol. The van der Waals surface area contributed by atoms with E-state index in [1.807, 2.05) is 0 Å². The highest BCUT2D eigenvalue weighted by Crippen LogP contribution is 2.19. The van der Waals surface area contributed by atoms with Crippen molar-refractivity contribution >= 4 is 10.8 Å². The maximum atomic E-state index is 4.50. The minimum Gasteiger partial charge on any atom is -0.333 e. The standard InChI is InChI=1S/C13H14.3CH5N/c1-2-6-11-8-5-9-12-7-3-4-10-13(11)12;3*1-2/h3-5,7-10H,2,6H2,1H3;3*2H2,1H3. The molecule has 0 aromatic heterocycles. The van der Waals surface area contributed by atoms with E-state index in [4.69, 9.17) is 0 Å². The van der Waals surface area contributed by atoms with Crippen LogP contribution in [0.4, 0.5) is 0 Å². The van der Waals surface area contributed by atoms with Crippen LogP contribution in [0, 0.1) is 0 Å². The summed E-state index contributed by atoms with van der Waals surface area (Å²) in [7, 11) is 4.50. The molecule has 0 amide bonds. The second-order valence-corrected chi connectivity index (χ2v) is 3.39. The number of rotatable bonds is 2. The number of hydrogen-bond donors (Lipinski definition) is 3. The molecule has 3 nitrogen and oxygen atoms in total. The lowest BCUT2D eigenvalue weighted by Crippen LogP contribution is -1.84. The first-order chi connectivity index (χ1) is 9.42. The summed E-state index contributed by atoms with van der Waals surface area (Å²) >= 11 is 0. The normalized spacial score (nSPS) is 8.16. The van der Waals surface area contributed by atoms with Gasteiger partial charge < -0.3 is 17.2 Å². The van der Waals surface area contributed by atoms with Crippen LogP contribution in [0.25, 0.3) is 10.8 Å². The lowest BCUT2D eigenvalue weighted by molar-refractivity contribution is 0.930. The van der Waals surface area contributed by atoms with Gasteiger partial charge in [-0.1, -0.05) is 55.8 Å². The lowest BCUT2D eigenvalue weighted by Gasteiger charge is -2.03. The quantitative estimate of drug-likeness (QED) is 0.779. The average Bonchev–Trinajstić information content (AvgIpc) is 2.54. The molecule has 0 aliphatic rings. The van der Waals surface area contributed by atoms with Crippen LogP contribution in [0.2, 0.25) is 0 Å². The van der Waals surface area contributed by atoms with Gasteiger partial charge in [-0.25, -0.2) is 0 Å². The van der Waals surface area contributed by atoms with Gasteiger partial charge >= 0.3 is 0 Å². The molecule has 0 saturated heterocycles. The van der Waals surface area contributed by atoms with Gasteiger partial charge in [0.1, 0.15) is 0 Å². The summed E-state index contributed by atoms with van der Waals surface area (Å²) < 4.78 is 0. The SMILES string of the molecule is CCCc1cccc2ccccc12.CN.CN.CN. The molecule has 0 saturated carbocycles. The topological polar surface area (TPSA) is 78.1 Å². The molecule has 108 valence electrons. The van der Waals surface area contributed by atoms with Gasteiger partial charge in [-0.3, -0.25) is 0 Å². The minimum absolute atomic E-state index is 1.18. The molecule has 2 rings (SSSR count). The molecule has 2 aromatic rings. The van der Waals surface area contributed by atoms with Gasteiger partial charge in [0.05, 0.1) is 0 Å². The fraction of sp³-hybridized carbons (Fsp3) is 0.375. The smallest absolute Gasteiger partial charge is 0.0152 e. The Kier molecular flexibility index (Phi) is 15.3. The first-order valence-electron chi connectivity index (χ1n) is 6.61. The lowest BCUT2D eigenvalue weighted by atomic mass is 10.0. The molecule has 0 aliphatic heterocycles. The third kappa shape index (κ3) is 6.91. The van der Waals surface area contributed by atoms with Crippen molar-refractivity contribution < 1.29 is 0 Å². The van der Waals surface area contributed by atoms with E-state index >= 15 is 0 Å². The van der Waals surface area contributed by atoms with E-state index < -0.39 is 0 Å². The summed E-state index contributed by atoms with van der Waals surface area (Å²) in [5.41, 5.74) is 15.0. The van der Waals surface area contributed by atoms with E-state index in [9.17, 15) is 0 Å². The third-order valence-corrected chi connectivity index (χ3v) is 2.40. The van der Waals surface area contributed by atoms with Gasteiger partial charge in [0.15, 0.2) is 0 Å². The second kappa shape index (κ2) is 14.6. The summed E-state index contributed by atoms with van der Waals surface area (Å²) in [6, 6.07) is 15.1. The molecule has 0 fully saturated rings. The first-order valence-corrected chi connectivity index (χ1v) is 6.61. The molecular weight excluding hydrogens is 234 g/mol. The predicted molar refractivity (Wildman–Crippen MR) is 88.3 cm³/mol. The Morgan fingerprint density at radius 3 is 1.84 bits per heavy atom. The van der Waals surface area contributed by atoms with Crippen LogP contribution in [0.3, 0.4) is 0 Å². The second-order valence-electron chi connectivity index (χ2n) is 3.39. The molecule has 19 heavy (non-hydrogen) atoms. The number of hydrogen-bond acceptors (Lipinski definition) is 3. The van der Waals surface area contributed by atoms with E-state index in [0.717, 1.165) is 0 Å². The number of nitrogens with two attached hydrogens (primary N) is 3. The minimum atomic E-state index is 1.18. The zero-order valence-corrected chi connectivity index (χ0v) is 12.7. The molecule has 0 spiro atoms. The van der Waals surface area contributed by atoms with Crippen LogP contribution < -0.4 is 17.2 Å². The van der Waals surface area contributed by atoms with E-state index in [2.05, 4.69) is 66.6 Å². The Hall–Kier alpha value is -1.42. The van der Waals surface area contributed by atoms with E-state index in [-0.39, 0.29) is 0 Å². The van der Waals surface area contributed by atoms with Gasteiger partial charge in [-0.2, -0.15) is 0 Å². The predicted octanol–water partition coefficient (Wildman–Crippen LogP) is 2.52. The van der Waals surface area contributed by atoms with Crippen LogP contribution >= 0.6 is 0 Å². The van der Waals surface area contributed by atoms with Crippen LogP contribution in [-0.2, 0) is 6.42 Å². The molecule has 0 unspecified atom stereocenters. The van der Waals surface area contributed by atoms with Crippen LogP contribution in [0.5, 0.6) is 0 Å². The summed E-state index contributed by atoms with van der Waals surface area (Å²) in [6.45, 7) is 2.22. The van der Waals surface area contributed by atoms with Gasteiger partial charge in [-0.05, 0) is 43.9 Å². The van der Waals surface area contributed by atoms with Crippen molar-refractivity contribution in [2.45, 2.75) is 19.8 Å². The molecule has 6 N–H and O–H groups in total. The van der Waals surface area contributed by atoms with Crippen molar-refractivity contribution in [1.82, 2.24) is 0 Å². The Morgan fingerprint density at radius 2 is 1.26 bits per heavy atom. The van der Waals surface area contributed by atoms with Crippen LogP contribution in [0.15, 0.2) is 42.5 Å². The fourth-order valence-corrected chi connectivity index (χ4v) is 1.78. The third-order valence-electron chi connectivity index (χ3n) is 2.40.